The van der Waals surface area contributed by atoms with Crippen molar-refractivity contribution < 1.29 is 18.8 Å². The standard InChI is InChI=1S/C35H33Cl2N3O5/c36-25-9-7-22(8-10-25)18-29(38-34(43)32-20-30(41)28-12-11-26(37)19-31(28)45-32)35(44)39-16-13-23(14-17-39)27-5-2-1-4-24(27)21-40-15-3-6-33(40)42/h1-2,4-5,7-12,19-20,23,29H,3,6,13-18,21H2,(H,38,43). The number of likely N-dealkylation sites (tertiary alicyclic amines) is 2. The zero-order valence-electron chi connectivity index (χ0n) is 24.6. The largest absolute Gasteiger partial charge is 0.451 e. The number of hydrogen-bond acceptors (Lipinski definition) is 5. The Morgan fingerprint density at radius 3 is 2.38 bits per heavy atom. The first-order valence-electron chi connectivity index (χ1n) is 15.2. The maximum Gasteiger partial charge on any atom is 0.287 e. The highest BCUT2D eigenvalue weighted by atomic mass is 35.5. The fourth-order valence-corrected chi connectivity index (χ4v) is 6.60. The summed E-state index contributed by atoms with van der Waals surface area (Å²) in [5.41, 5.74) is 3.02. The molecule has 2 fully saturated rings. The van der Waals surface area contributed by atoms with Crippen molar-refractivity contribution in [3.63, 3.8) is 0 Å². The Kier molecular flexibility index (Phi) is 9.24. The highest BCUT2D eigenvalue weighted by molar-refractivity contribution is 6.31. The SMILES string of the molecule is O=C(NC(Cc1ccc(Cl)cc1)C(=O)N1CCC(c2ccccc2CN2CCCC2=O)CC1)c1cc(=O)c2ccc(Cl)cc2o1. The van der Waals surface area contributed by atoms with E-state index in [2.05, 4.69) is 17.4 Å². The van der Waals surface area contributed by atoms with Crippen molar-refractivity contribution in [3.05, 3.63) is 116 Å². The van der Waals surface area contributed by atoms with E-state index in [9.17, 15) is 19.2 Å². The Labute approximate surface area is 270 Å². The van der Waals surface area contributed by atoms with E-state index in [1.807, 2.05) is 29.2 Å². The van der Waals surface area contributed by atoms with Crippen LogP contribution in [0.4, 0.5) is 0 Å². The summed E-state index contributed by atoms with van der Waals surface area (Å²) in [6.07, 6.45) is 3.27. The van der Waals surface area contributed by atoms with Crippen molar-refractivity contribution in [1.82, 2.24) is 15.1 Å². The van der Waals surface area contributed by atoms with Crippen LogP contribution in [-0.4, -0.2) is 53.2 Å². The van der Waals surface area contributed by atoms with E-state index in [1.54, 1.807) is 29.2 Å². The predicted octanol–water partition coefficient (Wildman–Crippen LogP) is 5.97. The molecule has 0 bridgehead atoms. The molecule has 3 aromatic carbocycles. The van der Waals surface area contributed by atoms with Crippen molar-refractivity contribution in [1.29, 1.82) is 0 Å². The first-order valence-corrected chi connectivity index (χ1v) is 15.9. The van der Waals surface area contributed by atoms with Crippen LogP contribution in [0.5, 0.6) is 0 Å². The van der Waals surface area contributed by atoms with Crippen molar-refractivity contribution in [2.45, 2.75) is 50.6 Å². The van der Waals surface area contributed by atoms with E-state index in [1.165, 1.54) is 11.6 Å². The van der Waals surface area contributed by atoms with Gasteiger partial charge in [-0.05, 0) is 66.1 Å². The number of nitrogens with zero attached hydrogens (tertiary/aromatic N) is 2. The van der Waals surface area contributed by atoms with E-state index < -0.39 is 11.9 Å². The molecule has 0 aliphatic carbocycles. The summed E-state index contributed by atoms with van der Waals surface area (Å²) in [5.74, 6) is -0.618. The lowest BCUT2D eigenvalue weighted by atomic mass is 9.86. The van der Waals surface area contributed by atoms with Gasteiger partial charge in [-0.2, -0.15) is 0 Å². The third-order valence-electron chi connectivity index (χ3n) is 8.71. The zero-order chi connectivity index (χ0) is 31.5. The molecule has 6 rings (SSSR count). The second-order valence-electron chi connectivity index (χ2n) is 11.7. The van der Waals surface area contributed by atoms with Gasteiger partial charge in [-0.15, -0.1) is 0 Å². The molecule has 2 aliphatic rings. The summed E-state index contributed by atoms with van der Waals surface area (Å²) < 4.78 is 5.74. The number of nitrogens with one attached hydrogen (secondary N) is 1. The molecule has 1 unspecified atom stereocenters. The fourth-order valence-electron chi connectivity index (χ4n) is 6.31. The smallest absolute Gasteiger partial charge is 0.287 e. The summed E-state index contributed by atoms with van der Waals surface area (Å²) in [5, 5.41) is 4.08. The van der Waals surface area contributed by atoms with Gasteiger partial charge in [0.05, 0.1) is 5.39 Å². The van der Waals surface area contributed by atoms with Crippen molar-refractivity contribution >= 4 is 51.9 Å². The lowest BCUT2D eigenvalue weighted by molar-refractivity contribution is -0.134. The molecule has 3 amide bonds. The van der Waals surface area contributed by atoms with Gasteiger partial charge in [0, 0.05) is 61.2 Å². The quantitative estimate of drug-likeness (QED) is 0.255. The first kappa shape index (κ1) is 30.9. The number of piperidine rings is 1. The summed E-state index contributed by atoms with van der Waals surface area (Å²) >= 11 is 12.2. The number of carbonyl (C=O) groups excluding carboxylic acids is 3. The Hall–Kier alpha value is -4.14. The Morgan fingerprint density at radius 2 is 1.64 bits per heavy atom. The minimum atomic E-state index is -0.899. The number of benzene rings is 3. The molecular formula is C35H33Cl2N3O5. The van der Waals surface area contributed by atoms with Gasteiger partial charge in [0.2, 0.25) is 11.8 Å². The van der Waals surface area contributed by atoms with Crippen molar-refractivity contribution in [3.8, 4) is 0 Å². The number of carbonyl (C=O) groups is 3. The monoisotopic (exact) mass is 645 g/mol. The van der Waals surface area contributed by atoms with Crippen LogP contribution in [0.3, 0.4) is 0 Å². The van der Waals surface area contributed by atoms with Gasteiger partial charge in [0.25, 0.3) is 5.91 Å². The normalized spacial score (nSPS) is 16.3. The lowest BCUT2D eigenvalue weighted by Crippen LogP contribution is -2.51. The highest BCUT2D eigenvalue weighted by Gasteiger charge is 2.32. The van der Waals surface area contributed by atoms with Crippen LogP contribution in [-0.2, 0) is 22.6 Å². The molecule has 2 aliphatic heterocycles. The van der Waals surface area contributed by atoms with Gasteiger partial charge in [0.15, 0.2) is 11.2 Å². The van der Waals surface area contributed by atoms with E-state index in [0.717, 1.165) is 43.0 Å². The molecule has 232 valence electrons. The third-order valence-corrected chi connectivity index (χ3v) is 9.19. The summed E-state index contributed by atoms with van der Waals surface area (Å²) in [6.45, 7) is 2.45. The van der Waals surface area contributed by atoms with Crippen LogP contribution in [0.2, 0.25) is 10.0 Å². The van der Waals surface area contributed by atoms with Crippen LogP contribution in [0.1, 0.15) is 58.8 Å². The second-order valence-corrected chi connectivity index (χ2v) is 12.6. The number of fused-ring (bicyclic) bond motifs is 1. The second kappa shape index (κ2) is 13.5. The summed E-state index contributed by atoms with van der Waals surface area (Å²) in [6, 6.07) is 20.2. The van der Waals surface area contributed by atoms with Gasteiger partial charge in [0.1, 0.15) is 11.6 Å². The van der Waals surface area contributed by atoms with Gasteiger partial charge in [-0.1, -0.05) is 59.6 Å². The average molecular weight is 647 g/mol. The van der Waals surface area contributed by atoms with E-state index in [0.29, 0.717) is 41.5 Å². The Morgan fingerprint density at radius 1 is 0.911 bits per heavy atom. The van der Waals surface area contributed by atoms with E-state index in [-0.39, 0.29) is 40.9 Å². The molecule has 10 heteroatoms. The topological polar surface area (TPSA) is 99.9 Å². The minimum Gasteiger partial charge on any atom is -0.451 e. The van der Waals surface area contributed by atoms with Crippen LogP contribution < -0.4 is 10.7 Å². The molecule has 4 aromatic rings. The molecule has 0 spiro atoms. The molecule has 0 radical (unpaired) electrons. The maximum absolute atomic E-state index is 14.0. The third kappa shape index (κ3) is 7.08. The van der Waals surface area contributed by atoms with Crippen LogP contribution >= 0.6 is 23.2 Å². The van der Waals surface area contributed by atoms with Gasteiger partial charge < -0.3 is 19.5 Å². The molecule has 0 saturated carbocycles. The fraction of sp³-hybridized carbons (Fsp3) is 0.314. The molecule has 1 N–H and O–H groups in total. The van der Waals surface area contributed by atoms with Crippen molar-refractivity contribution in [2.24, 2.45) is 0 Å². The van der Waals surface area contributed by atoms with E-state index in [4.69, 9.17) is 27.6 Å². The van der Waals surface area contributed by atoms with Gasteiger partial charge >= 0.3 is 0 Å². The molecule has 1 aromatic heterocycles. The maximum atomic E-state index is 14.0. The number of halogens is 2. The van der Waals surface area contributed by atoms with E-state index >= 15 is 0 Å². The minimum absolute atomic E-state index is 0.192. The number of rotatable bonds is 8. The number of hydrogen-bond donors (Lipinski definition) is 1. The predicted molar refractivity (Wildman–Crippen MR) is 174 cm³/mol. The van der Waals surface area contributed by atoms with Gasteiger partial charge in [-0.3, -0.25) is 19.2 Å². The van der Waals surface area contributed by atoms with Gasteiger partial charge in [-0.25, -0.2) is 0 Å². The lowest BCUT2D eigenvalue weighted by Gasteiger charge is -2.35. The molecule has 2 saturated heterocycles. The van der Waals surface area contributed by atoms with Crippen molar-refractivity contribution in [2.75, 3.05) is 19.6 Å². The molecule has 45 heavy (non-hydrogen) atoms. The summed E-state index contributed by atoms with van der Waals surface area (Å²) in [4.78, 5) is 56.1. The Bertz CT molecular complexity index is 1800. The first-order chi connectivity index (χ1) is 21.7. The highest BCUT2D eigenvalue weighted by Crippen LogP contribution is 2.32. The molecule has 3 heterocycles. The van der Waals surface area contributed by atoms with Crippen LogP contribution in [0.15, 0.2) is 82.0 Å². The molecule has 1 atom stereocenters. The molecular weight excluding hydrogens is 613 g/mol. The summed E-state index contributed by atoms with van der Waals surface area (Å²) in [7, 11) is 0. The van der Waals surface area contributed by atoms with Crippen LogP contribution in [0.25, 0.3) is 11.0 Å². The zero-order valence-corrected chi connectivity index (χ0v) is 26.2. The number of amides is 3. The molecule has 8 nitrogen and oxygen atoms in total. The average Bonchev–Trinajstić information content (AvgIpc) is 3.45. The van der Waals surface area contributed by atoms with Crippen LogP contribution in [0, 0.1) is 0 Å². The Balaban J connectivity index is 1.18.